The van der Waals surface area contributed by atoms with Crippen molar-refractivity contribution < 1.29 is 13.2 Å². The van der Waals surface area contributed by atoms with Gasteiger partial charge in [0.15, 0.2) is 0 Å². The maximum absolute atomic E-state index is 13.0. The standard InChI is InChI=1S/C26H28N2O3S2/c1-18-7-5-10-22(15-18)28-24(29)17-32-25(28)19-8-6-9-21(16-19)27-33(30,31)23-13-11-20(12-14-23)26(2,3)4/h5-16,25,27H,17H2,1-4H3/t25-/m0/s1. The number of nitrogens with one attached hydrogen (secondary N) is 1. The third-order valence-corrected chi connectivity index (χ3v) is 8.21. The number of carbonyl (C=O) groups is 1. The van der Waals surface area contributed by atoms with Gasteiger partial charge in [-0.15, -0.1) is 11.8 Å². The average molecular weight is 481 g/mol. The molecule has 0 aliphatic carbocycles. The van der Waals surface area contributed by atoms with E-state index in [1.54, 1.807) is 29.2 Å². The van der Waals surface area contributed by atoms with Crippen molar-refractivity contribution in [3.05, 3.63) is 89.5 Å². The lowest BCUT2D eigenvalue weighted by molar-refractivity contribution is -0.115. The van der Waals surface area contributed by atoms with Gasteiger partial charge in [-0.05, 0) is 65.4 Å². The molecule has 3 aromatic rings. The van der Waals surface area contributed by atoms with Gasteiger partial charge in [0.05, 0.1) is 10.6 Å². The Morgan fingerprint density at radius 3 is 2.33 bits per heavy atom. The van der Waals surface area contributed by atoms with Crippen molar-refractivity contribution in [1.82, 2.24) is 0 Å². The van der Waals surface area contributed by atoms with Crippen LogP contribution in [0, 0.1) is 6.92 Å². The topological polar surface area (TPSA) is 66.5 Å². The summed E-state index contributed by atoms with van der Waals surface area (Å²) in [6, 6.07) is 22.1. The van der Waals surface area contributed by atoms with E-state index in [2.05, 4.69) is 25.5 Å². The highest BCUT2D eigenvalue weighted by Crippen LogP contribution is 2.42. The van der Waals surface area contributed by atoms with Crippen LogP contribution >= 0.6 is 11.8 Å². The van der Waals surface area contributed by atoms with Crippen LogP contribution in [0.5, 0.6) is 0 Å². The number of nitrogens with zero attached hydrogens (tertiary/aromatic N) is 1. The number of aryl methyl sites for hydroxylation is 1. The van der Waals surface area contributed by atoms with Crippen LogP contribution in [0.1, 0.15) is 42.8 Å². The Hall–Kier alpha value is -2.77. The van der Waals surface area contributed by atoms with Crippen LogP contribution in [0.15, 0.2) is 77.7 Å². The Morgan fingerprint density at radius 2 is 1.67 bits per heavy atom. The van der Waals surface area contributed by atoms with Gasteiger partial charge in [-0.1, -0.05) is 57.2 Å². The first-order valence-electron chi connectivity index (χ1n) is 10.8. The SMILES string of the molecule is Cc1cccc(N2C(=O)CS[C@H]2c2cccc(NS(=O)(=O)c3ccc(C(C)(C)C)cc3)c2)c1. The predicted molar refractivity (Wildman–Crippen MR) is 136 cm³/mol. The summed E-state index contributed by atoms with van der Waals surface area (Å²) in [7, 11) is -3.74. The van der Waals surface area contributed by atoms with E-state index in [0.717, 1.165) is 22.4 Å². The molecule has 1 aliphatic rings. The van der Waals surface area contributed by atoms with Gasteiger partial charge in [-0.25, -0.2) is 8.42 Å². The Labute approximate surface area is 200 Å². The fourth-order valence-corrected chi connectivity index (χ4v) is 6.05. The van der Waals surface area contributed by atoms with E-state index in [4.69, 9.17) is 0 Å². The van der Waals surface area contributed by atoms with Crippen LogP contribution in [0.2, 0.25) is 0 Å². The summed E-state index contributed by atoms with van der Waals surface area (Å²) in [5.74, 6) is 0.426. The number of rotatable bonds is 5. The number of amides is 1. The third kappa shape index (κ3) is 5.09. The number of hydrogen-bond donors (Lipinski definition) is 1. The summed E-state index contributed by atoms with van der Waals surface area (Å²) in [5.41, 5.74) is 4.29. The van der Waals surface area contributed by atoms with Gasteiger partial charge < -0.3 is 0 Å². The average Bonchev–Trinajstić information content (AvgIpc) is 3.14. The molecule has 1 N–H and O–H groups in total. The van der Waals surface area contributed by atoms with Gasteiger partial charge in [0.2, 0.25) is 5.91 Å². The van der Waals surface area contributed by atoms with E-state index >= 15 is 0 Å². The molecule has 0 radical (unpaired) electrons. The smallest absolute Gasteiger partial charge is 0.261 e. The predicted octanol–water partition coefficient (Wildman–Crippen LogP) is 5.87. The largest absolute Gasteiger partial charge is 0.295 e. The van der Waals surface area contributed by atoms with Gasteiger partial charge in [-0.2, -0.15) is 0 Å². The van der Waals surface area contributed by atoms with Crippen molar-refractivity contribution in [1.29, 1.82) is 0 Å². The van der Waals surface area contributed by atoms with E-state index in [1.807, 2.05) is 55.5 Å². The molecule has 0 spiro atoms. The Kier molecular flexibility index (Phi) is 6.29. The van der Waals surface area contributed by atoms with Crippen molar-refractivity contribution in [2.45, 2.75) is 43.4 Å². The van der Waals surface area contributed by atoms with E-state index < -0.39 is 10.0 Å². The molecule has 1 saturated heterocycles. The Bertz CT molecular complexity index is 1280. The van der Waals surface area contributed by atoms with E-state index in [1.165, 1.54) is 11.8 Å². The number of benzene rings is 3. The normalized spacial score (nSPS) is 16.8. The van der Waals surface area contributed by atoms with E-state index in [0.29, 0.717) is 11.4 Å². The van der Waals surface area contributed by atoms with E-state index in [-0.39, 0.29) is 21.6 Å². The minimum absolute atomic E-state index is 0.0421. The highest BCUT2D eigenvalue weighted by Gasteiger charge is 2.34. The summed E-state index contributed by atoms with van der Waals surface area (Å²) in [6.07, 6.45) is 0. The second-order valence-corrected chi connectivity index (χ2v) is 12.0. The number of thioether (sulfide) groups is 1. The second kappa shape index (κ2) is 8.88. The summed E-state index contributed by atoms with van der Waals surface area (Å²) in [4.78, 5) is 14.7. The molecule has 0 unspecified atom stereocenters. The molecule has 3 aromatic carbocycles. The van der Waals surface area contributed by atoms with Crippen molar-refractivity contribution in [2.75, 3.05) is 15.4 Å². The van der Waals surface area contributed by atoms with Crippen LogP contribution in [0.3, 0.4) is 0 Å². The molecule has 1 fully saturated rings. The number of hydrogen-bond acceptors (Lipinski definition) is 4. The van der Waals surface area contributed by atoms with Crippen LogP contribution in [-0.2, 0) is 20.2 Å². The zero-order chi connectivity index (χ0) is 23.8. The van der Waals surface area contributed by atoms with Gasteiger partial charge in [-0.3, -0.25) is 14.4 Å². The minimum atomic E-state index is -3.74. The maximum atomic E-state index is 13.0. The highest BCUT2D eigenvalue weighted by atomic mass is 32.2. The fourth-order valence-electron chi connectivity index (χ4n) is 3.83. The number of anilines is 2. The third-order valence-electron chi connectivity index (χ3n) is 5.60. The van der Waals surface area contributed by atoms with Crippen LogP contribution in [-0.4, -0.2) is 20.1 Å². The molecule has 0 aromatic heterocycles. The second-order valence-electron chi connectivity index (χ2n) is 9.27. The molecule has 1 atom stereocenters. The zero-order valence-corrected chi connectivity index (χ0v) is 20.8. The first kappa shape index (κ1) is 23.4. The monoisotopic (exact) mass is 480 g/mol. The summed E-state index contributed by atoms with van der Waals surface area (Å²) in [5, 5.41) is -0.213. The molecule has 172 valence electrons. The lowest BCUT2D eigenvalue weighted by Gasteiger charge is -2.25. The van der Waals surface area contributed by atoms with Crippen LogP contribution in [0.25, 0.3) is 0 Å². The first-order chi connectivity index (χ1) is 15.5. The summed E-state index contributed by atoms with van der Waals surface area (Å²) in [6.45, 7) is 8.26. The molecule has 33 heavy (non-hydrogen) atoms. The van der Waals surface area contributed by atoms with Gasteiger partial charge >= 0.3 is 0 Å². The lowest BCUT2D eigenvalue weighted by atomic mass is 9.87. The molecule has 1 heterocycles. The van der Waals surface area contributed by atoms with E-state index in [9.17, 15) is 13.2 Å². The Morgan fingerprint density at radius 1 is 0.970 bits per heavy atom. The van der Waals surface area contributed by atoms with Gasteiger partial charge in [0, 0.05) is 11.4 Å². The molecule has 5 nitrogen and oxygen atoms in total. The molecule has 0 saturated carbocycles. The Balaban J connectivity index is 1.59. The number of sulfonamides is 1. The first-order valence-corrected chi connectivity index (χ1v) is 13.3. The van der Waals surface area contributed by atoms with Crippen molar-refractivity contribution in [3.63, 3.8) is 0 Å². The maximum Gasteiger partial charge on any atom is 0.261 e. The molecule has 4 rings (SSSR count). The molecule has 1 aliphatic heterocycles. The lowest BCUT2D eigenvalue weighted by Crippen LogP contribution is -2.27. The number of carbonyl (C=O) groups excluding carboxylic acids is 1. The van der Waals surface area contributed by atoms with Gasteiger partial charge in [0.1, 0.15) is 5.37 Å². The molecular formula is C26H28N2O3S2. The fraction of sp³-hybridized carbons (Fsp3) is 0.269. The minimum Gasteiger partial charge on any atom is -0.295 e. The molecular weight excluding hydrogens is 452 g/mol. The van der Waals surface area contributed by atoms with Crippen LogP contribution < -0.4 is 9.62 Å². The molecule has 0 bridgehead atoms. The quantitative estimate of drug-likeness (QED) is 0.496. The van der Waals surface area contributed by atoms with Gasteiger partial charge in [0.25, 0.3) is 10.0 Å². The van der Waals surface area contributed by atoms with Crippen molar-refractivity contribution >= 4 is 39.1 Å². The molecule has 7 heteroatoms. The molecule has 1 amide bonds. The highest BCUT2D eigenvalue weighted by molar-refractivity contribution is 8.00. The van der Waals surface area contributed by atoms with Crippen molar-refractivity contribution in [2.24, 2.45) is 0 Å². The van der Waals surface area contributed by atoms with Crippen LogP contribution in [0.4, 0.5) is 11.4 Å². The zero-order valence-electron chi connectivity index (χ0n) is 19.2. The summed E-state index contributed by atoms with van der Waals surface area (Å²) >= 11 is 1.54. The van der Waals surface area contributed by atoms with Crippen molar-refractivity contribution in [3.8, 4) is 0 Å². The summed E-state index contributed by atoms with van der Waals surface area (Å²) < 4.78 is 28.7.